The molecule has 1 aliphatic heterocycles. The summed E-state index contributed by atoms with van der Waals surface area (Å²) in [5, 5.41) is 0. The van der Waals surface area contributed by atoms with Crippen LogP contribution in [-0.2, 0) is 6.42 Å². The van der Waals surface area contributed by atoms with E-state index in [1.165, 1.54) is 68.1 Å². The fourth-order valence-electron chi connectivity index (χ4n) is 5.37. The van der Waals surface area contributed by atoms with E-state index < -0.39 is 0 Å². The molecule has 2 heteroatoms. The van der Waals surface area contributed by atoms with Gasteiger partial charge in [0.2, 0.25) is 0 Å². The predicted octanol–water partition coefficient (Wildman–Crippen LogP) is 10.0. The van der Waals surface area contributed by atoms with Crippen LogP contribution in [0.5, 0.6) is 11.5 Å². The van der Waals surface area contributed by atoms with Crippen molar-refractivity contribution in [2.24, 2.45) is 17.8 Å². The Hall–Kier alpha value is -1.18. The smallest absolute Gasteiger partial charge is 0.126 e. The lowest BCUT2D eigenvalue weighted by atomic mass is 9.85. The fraction of sp³-hybridized carbons (Fsp3) is 0.812. The van der Waals surface area contributed by atoms with Crippen LogP contribution in [0.2, 0.25) is 0 Å². The highest BCUT2D eigenvalue weighted by Gasteiger charge is 2.33. The molecule has 0 saturated carbocycles. The third-order valence-corrected chi connectivity index (χ3v) is 7.83. The second-order valence-corrected chi connectivity index (χ2v) is 13.2. The molecule has 2 rings (SSSR count). The van der Waals surface area contributed by atoms with Crippen LogP contribution in [0.1, 0.15) is 136 Å². The van der Waals surface area contributed by atoms with Gasteiger partial charge in [0.25, 0.3) is 0 Å². The van der Waals surface area contributed by atoms with Crippen LogP contribution in [-0.4, -0.2) is 11.2 Å². The van der Waals surface area contributed by atoms with Crippen molar-refractivity contribution >= 4 is 0 Å². The summed E-state index contributed by atoms with van der Waals surface area (Å²) in [5.74, 6) is 4.69. The summed E-state index contributed by atoms with van der Waals surface area (Å²) in [6.07, 6.45) is 14.3. The Morgan fingerprint density at radius 1 is 0.882 bits per heavy atom. The Kier molecular flexibility index (Phi) is 10.8. The van der Waals surface area contributed by atoms with Crippen molar-refractivity contribution < 1.29 is 9.47 Å². The summed E-state index contributed by atoms with van der Waals surface area (Å²) in [6, 6.07) is 2.23. The summed E-state index contributed by atoms with van der Waals surface area (Å²) >= 11 is 0. The molecule has 0 aliphatic carbocycles. The predicted molar refractivity (Wildman–Crippen MR) is 148 cm³/mol. The van der Waals surface area contributed by atoms with Gasteiger partial charge in [-0.1, -0.05) is 72.6 Å². The number of fused-ring (bicyclic) bond motifs is 1. The van der Waals surface area contributed by atoms with Gasteiger partial charge in [0, 0.05) is 0 Å². The topological polar surface area (TPSA) is 18.5 Å². The lowest BCUT2D eigenvalue weighted by Gasteiger charge is -2.38. The molecule has 34 heavy (non-hydrogen) atoms. The van der Waals surface area contributed by atoms with E-state index >= 15 is 0 Å². The lowest BCUT2D eigenvalue weighted by Crippen LogP contribution is -2.37. The molecule has 0 aromatic heterocycles. The average molecular weight is 473 g/mol. The molecule has 0 unspecified atom stereocenters. The van der Waals surface area contributed by atoms with Crippen LogP contribution in [0.3, 0.4) is 0 Å². The summed E-state index contributed by atoms with van der Waals surface area (Å²) in [5.41, 5.74) is 3.55. The average Bonchev–Trinajstić information content (AvgIpc) is 2.71. The van der Waals surface area contributed by atoms with Gasteiger partial charge >= 0.3 is 0 Å². The maximum Gasteiger partial charge on any atom is 0.126 e. The van der Waals surface area contributed by atoms with Gasteiger partial charge in [0.15, 0.2) is 0 Å². The van der Waals surface area contributed by atoms with Gasteiger partial charge in [-0.25, -0.2) is 0 Å². The monoisotopic (exact) mass is 472 g/mol. The van der Waals surface area contributed by atoms with Crippen molar-refractivity contribution in [3.8, 4) is 11.5 Å². The van der Waals surface area contributed by atoms with Crippen LogP contribution < -0.4 is 9.47 Å². The number of hydrogen-bond donors (Lipinski definition) is 0. The standard InChI is InChI=1S/C32H56O2/c1-23(2)14-11-15-24(3)16-12-17-25(4)18-13-20-32(10)21-19-28-22-29(33-31(7,8)9)26(5)27(6)30(28)34-32/h22-25H,11-21H2,1-10H3/t24-,25-,32-/m1/s1. The molecule has 3 atom stereocenters. The molecule has 1 aromatic carbocycles. The first-order valence-electron chi connectivity index (χ1n) is 14.3. The van der Waals surface area contributed by atoms with Crippen LogP contribution in [0.4, 0.5) is 0 Å². The number of benzene rings is 1. The molecule has 0 amide bonds. The Morgan fingerprint density at radius 3 is 2.00 bits per heavy atom. The second-order valence-electron chi connectivity index (χ2n) is 13.2. The van der Waals surface area contributed by atoms with Crippen molar-refractivity contribution in [1.82, 2.24) is 0 Å². The molecule has 0 N–H and O–H groups in total. The second kappa shape index (κ2) is 12.7. The highest BCUT2D eigenvalue weighted by atomic mass is 16.5. The molecule has 0 bridgehead atoms. The minimum Gasteiger partial charge on any atom is -0.488 e. The molecule has 1 aliphatic rings. The lowest BCUT2D eigenvalue weighted by molar-refractivity contribution is 0.0509. The zero-order valence-electron chi connectivity index (χ0n) is 24.4. The van der Waals surface area contributed by atoms with E-state index in [1.807, 2.05) is 0 Å². The van der Waals surface area contributed by atoms with E-state index in [0.29, 0.717) is 0 Å². The molecule has 1 aromatic rings. The summed E-state index contributed by atoms with van der Waals surface area (Å²) in [7, 11) is 0. The van der Waals surface area contributed by atoms with Gasteiger partial charge in [-0.2, -0.15) is 0 Å². The van der Waals surface area contributed by atoms with Crippen molar-refractivity contribution in [3.05, 3.63) is 22.8 Å². The number of aryl methyl sites for hydroxylation is 1. The molecule has 0 spiro atoms. The Bertz CT molecular complexity index is 757. The quantitative estimate of drug-likeness (QED) is 0.284. The van der Waals surface area contributed by atoms with Crippen molar-refractivity contribution in [2.75, 3.05) is 0 Å². The molecule has 196 valence electrons. The first-order valence-corrected chi connectivity index (χ1v) is 14.3. The van der Waals surface area contributed by atoms with Crippen molar-refractivity contribution in [1.29, 1.82) is 0 Å². The molecule has 1 heterocycles. The van der Waals surface area contributed by atoms with E-state index in [2.05, 4.69) is 75.3 Å². The van der Waals surface area contributed by atoms with E-state index in [0.717, 1.165) is 48.5 Å². The first-order chi connectivity index (χ1) is 15.8. The van der Waals surface area contributed by atoms with Gasteiger partial charge in [0.05, 0.1) is 0 Å². The van der Waals surface area contributed by atoms with Gasteiger partial charge < -0.3 is 9.47 Å². The van der Waals surface area contributed by atoms with E-state index in [1.54, 1.807) is 0 Å². The maximum atomic E-state index is 6.71. The number of hydrogen-bond acceptors (Lipinski definition) is 2. The largest absolute Gasteiger partial charge is 0.488 e. The SMILES string of the molecule is Cc1c(OC(C)(C)C)cc2c(c1C)O[C@](C)(CCC[C@H](C)CCC[C@H](C)CCCC(C)C)CC2. The van der Waals surface area contributed by atoms with Crippen LogP contribution >= 0.6 is 0 Å². The Labute approximate surface area is 212 Å². The van der Waals surface area contributed by atoms with Crippen molar-refractivity contribution in [3.63, 3.8) is 0 Å². The number of ether oxygens (including phenoxy) is 2. The molecule has 0 radical (unpaired) electrons. The maximum absolute atomic E-state index is 6.71. The van der Waals surface area contributed by atoms with Gasteiger partial charge in [0.1, 0.15) is 22.7 Å². The summed E-state index contributed by atoms with van der Waals surface area (Å²) in [4.78, 5) is 0. The van der Waals surface area contributed by atoms with Crippen molar-refractivity contribution in [2.45, 2.75) is 151 Å². The zero-order chi connectivity index (χ0) is 25.5. The van der Waals surface area contributed by atoms with E-state index in [4.69, 9.17) is 9.47 Å². The van der Waals surface area contributed by atoms with E-state index in [-0.39, 0.29) is 11.2 Å². The third-order valence-electron chi connectivity index (χ3n) is 7.83. The Balaban J connectivity index is 1.79. The van der Waals surface area contributed by atoms with Crippen LogP contribution in [0.25, 0.3) is 0 Å². The van der Waals surface area contributed by atoms with Gasteiger partial charge in [-0.15, -0.1) is 0 Å². The Morgan fingerprint density at radius 2 is 1.44 bits per heavy atom. The normalized spacial score (nSPS) is 20.1. The highest BCUT2D eigenvalue weighted by Crippen LogP contribution is 2.43. The molecule has 2 nitrogen and oxygen atoms in total. The highest BCUT2D eigenvalue weighted by molar-refractivity contribution is 5.54. The van der Waals surface area contributed by atoms with Crippen LogP contribution in [0.15, 0.2) is 6.07 Å². The van der Waals surface area contributed by atoms with Gasteiger partial charge in [-0.05, 0) is 108 Å². The minimum absolute atomic E-state index is 0.0404. The number of rotatable bonds is 13. The third kappa shape index (κ3) is 9.46. The van der Waals surface area contributed by atoms with Crippen LogP contribution in [0, 0.1) is 31.6 Å². The molecule has 0 fully saturated rings. The summed E-state index contributed by atoms with van der Waals surface area (Å²) in [6.45, 7) is 22.6. The first kappa shape index (κ1) is 29.1. The molecular formula is C32H56O2. The summed E-state index contributed by atoms with van der Waals surface area (Å²) < 4.78 is 13.0. The van der Waals surface area contributed by atoms with Gasteiger partial charge in [-0.3, -0.25) is 0 Å². The minimum atomic E-state index is -0.183. The molecule has 0 saturated heterocycles. The molecular weight excluding hydrogens is 416 g/mol. The van der Waals surface area contributed by atoms with E-state index in [9.17, 15) is 0 Å². The zero-order valence-corrected chi connectivity index (χ0v) is 24.4. The fourth-order valence-corrected chi connectivity index (χ4v) is 5.37.